The van der Waals surface area contributed by atoms with Crippen molar-refractivity contribution in [3.05, 3.63) is 85.1 Å². The number of rotatable bonds is 59. The monoisotopic (exact) mass is 1140 g/mol. The molecule has 1 aliphatic rings. The summed E-state index contributed by atoms with van der Waals surface area (Å²) in [6.07, 6.45) is 79.9. The lowest BCUT2D eigenvalue weighted by Crippen LogP contribution is -2.60. The number of aliphatic hydroxyl groups excluding tert-OH is 5. The Kier molecular flexibility index (Phi) is 57.0. The van der Waals surface area contributed by atoms with Crippen LogP contribution < -0.4 is 5.32 Å². The minimum absolute atomic E-state index is 0.183. The van der Waals surface area contributed by atoms with Crippen LogP contribution in [0.4, 0.5) is 0 Å². The molecule has 0 aliphatic carbocycles. The van der Waals surface area contributed by atoms with E-state index in [1.54, 1.807) is 6.08 Å². The van der Waals surface area contributed by atoms with Crippen molar-refractivity contribution in [3.63, 3.8) is 0 Å². The fourth-order valence-electron chi connectivity index (χ4n) is 10.6. The number of amides is 1. The van der Waals surface area contributed by atoms with E-state index in [2.05, 4.69) is 92.1 Å². The molecule has 7 atom stereocenters. The number of carbonyl (C=O) groups is 1. The van der Waals surface area contributed by atoms with Crippen molar-refractivity contribution in [2.45, 2.75) is 352 Å². The summed E-state index contributed by atoms with van der Waals surface area (Å²) < 4.78 is 11.3. The van der Waals surface area contributed by atoms with Gasteiger partial charge in [0, 0.05) is 6.42 Å². The number of aliphatic hydroxyl groups is 5. The van der Waals surface area contributed by atoms with Gasteiger partial charge in [-0.1, -0.05) is 311 Å². The highest BCUT2D eigenvalue weighted by Crippen LogP contribution is 2.23. The van der Waals surface area contributed by atoms with Gasteiger partial charge < -0.3 is 40.3 Å². The van der Waals surface area contributed by atoms with Gasteiger partial charge in [0.05, 0.1) is 25.4 Å². The number of hydrogen-bond donors (Lipinski definition) is 6. The second kappa shape index (κ2) is 60.5. The molecule has 1 saturated heterocycles. The van der Waals surface area contributed by atoms with Crippen LogP contribution in [0.15, 0.2) is 85.1 Å². The molecule has 1 fully saturated rings. The van der Waals surface area contributed by atoms with Crippen molar-refractivity contribution < 1.29 is 39.8 Å². The standard InChI is InChI=1S/C72H129NO8/c1-3-5-7-9-11-13-15-17-19-21-22-23-24-25-26-27-28-29-30-31-32-33-34-35-36-37-38-39-40-41-42-43-44-46-48-50-52-54-56-58-60-62-68(76)73-65(64-80-72-71(79)70(78)69(77)67(63-74)81-72)66(75)61-59-57-55-53-51-49-47-45-20-18-16-14-12-10-8-6-4-2/h5,7,11,13,17,19,22-23,25-26,51,53,59,61,65-67,69-72,74-75,77-79H,3-4,6,8-10,12,14-16,18,20-21,24,27-50,52,54-58,60,62-64H2,1-2H3,(H,73,76)/b7-5-,13-11-,19-17-,23-22-,26-25-,53-51+,61-59+. The third-order valence-electron chi connectivity index (χ3n) is 16.0. The molecule has 0 radical (unpaired) electrons. The van der Waals surface area contributed by atoms with Crippen LogP contribution in [0.1, 0.15) is 309 Å². The Balaban J connectivity index is 2.05. The van der Waals surface area contributed by atoms with Crippen LogP contribution in [0, 0.1) is 0 Å². The molecule has 9 heteroatoms. The number of carbonyl (C=O) groups excluding carboxylic acids is 1. The predicted molar refractivity (Wildman–Crippen MR) is 345 cm³/mol. The first-order valence-corrected chi connectivity index (χ1v) is 34.3. The van der Waals surface area contributed by atoms with E-state index in [0.717, 1.165) is 70.6 Å². The smallest absolute Gasteiger partial charge is 0.220 e. The molecular formula is C72H129NO8. The second-order valence-corrected chi connectivity index (χ2v) is 23.6. The zero-order valence-electron chi connectivity index (χ0n) is 52.5. The van der Waals surface area contributed by atoms with Crippen molar-refractivity contribution in [2.75, 3.05) is 13.2 Å². The van der Waals surface area contributed by atoms with Gasteiger partial charge in [0.2, 0.25) is 5.91 Å². The summed E-state index contributed by atoms with van der Waals surface area (Å²) in [6, 6.07) is -0.823. The van der Waals surface area contributed by atoms with Crippen molar-refractivity contribution >= 4 is 5.91 Å². The fourth-order valence-corrected chi connectivity index (χ4v) is 10.6. The first-order valence-electron chi connectivity index (χ1n) is 34.3. The maximum atomic E-state index is 13.1. The van der Waals surface area contributed by atoms with Gasteiger partial charge in [0.25, 0.3) is 0 Å². The average molecular weight is 1140 g/mol. The third-order valence-corrected chi connectivity index (χ3v) is 16.0. The molecule has 1 rings (SSSR count). The van der Waals surface area contributed by atoms with Crippen LogP contribution in [0.3, 0.4) is 0 Å². The van der Waals surface area contributed by atoms with Gasteiger partial charge in [-0.25, -0.2) is 0 Å². The molecule has 1 heterocycles. The molecule has 9 nitrogen and oxygen atoms in total. The lowest BCUT2D eigenvalue weighted by atomic mass is 9.99. The first kappa shape index (κ1) is 76.4. The highest BCUT2D eigenvalue weighted by Gasteiger charge is 2.44. The van der Waals surface area contributed by atoms with E-state index in [1.165, 1.54) is 218 Å². The number of hydrogen-bond acceptors (Lipinski definition) is 8. The minimum Gasteiger partial charge on any atom is -0.394 e. The van der Waals surface area contributed by atoms with Crippen LogP contribution >= 0.6 is 0 Å². The quantitative estimate of drug-likeness (QED) is 0.0261. The normalized spacial score (nSPS) is 18.9. The molecule has 470 valence electrons. The van der Waals surface area contributed by atoms with E-state index in [4.69, 9.17) is 9.47 Å². The highest BCUT2D eigenvalue weighted by molar-refractivity contribution is 5.76. The van der Waals surface area contributed by atoms with Crippen LogP contribution in [-0.2, 0) is 14.3 Å². The maximum absolute atomic E-state index is 13.1. The average Bonchev–Trinajstić information content (AvgIpc) is 3.49. The van der Waals surface area contributed by atoms with Crippen molar-refractivity contribution in [3.8, 4) is 0 Å². The van der Waals surface area contributed by atoms with E-state index in [9.17, 15) is 30.3 Å². The van der Waals surface area contributed by atoms with Crippen molar-refractivity contribution in [2.24, 2.45) is 0 Å². The summed E-state index contributed by atoms with van der Waals surface area (Å²) in [5.41, 5.74) is 0. The molecule has 81 heavy (non-hydrogen) atoms. The Labute approximate surface area is 499 Å². The Morgan fingerprint density at radius 1 is 0.432 bits per heavy atom. The van der Waals surface area contributed by atoms with Crippen LogP contribution in [0.2, 0.25) is 0 Å². The van der Waals surface area contributed by atoms with E-state index in [1.807, 2.05) is 6.08 Å². The van der Waals surface area contributed by atoms with Gasteiger partial charge in [-0.15, -0.1) is 0 Å². The van der Waals surface area contributed by atoms with Crippen LogP contribution in [-0.4, -0.2) is 87.5 Å². The summed E-state index contributed by atoms with van der Waals surface area (Å²) in [6.45, 7) is 3.67. The molecule has 1 amide bonds. The molecular weight excluding hydrogens is 1010 g/mol. The third kappa shape index (κ3) is 49.4. The zero-order chi connectivity index (χ0) is 58.6. The largest absolute Gasteiger partial charge is 0.394 e. The summed E-state index contributed by atoms with van der Waals surface area (Å²) in [7, 11) is 0. The van der Waals surface area contributed by atoms with E-state index < -0.39 is 49.5 Å². The molecule has 0 saturated carbocycles. The Morgan fingerprint density at radius 2 is 0.778 bits per heavy atom. The Hall–Kier alpha value is -2.63. The molecule has 0 spiro atoms. The number of ether oxygens (including phenoxy) is 2. The van der Waals surface area contributed by atoms with Gasteiger partial charge in [-0.3, -0.25) is 4.79 Å². The van der Waals surface area contributed by atoms with E-state index in [-0.39, 0.29) is 12.5 Å². The van der Waals surface area contributed by atoms with E-state index >= 15 is 0 Å². The van der Waals surface area contributed by atoms with Crippen LogP contribution in [0.25, 0.3) is 0 Å². The molecule has 0 aromatic rings. The molecule has 0 aromatic heterocycles. The zero-order valence-corrected chi connectivity index (χ0v) is 52.5. The van der Waals surface area contributed by atoms with Gasteiger partial charge in [0.15, 0.2) is 6.29 Å². The maximum Gasteiger partial charge on any atom is 0.220 e. The van der Waals surface area contributed by atoms with Crippen molar-refractivity contribution in [1.82, 2.24) is 5.32 Å². The summed E-state index contributed by atoms with van der Waals surface area (Å²) in [4.78, 5) is 13.1. The SMILES string of the molecule is CC/C=C\C/C=C\C/C=C\C/C=C\C/C=C\CCCCCCCCCCCCCCCCCCCCCCCCCCCC(=O)NC(COC1OC(CO)C(O)C(O)C1O)C(O)/C=C/CC/C=C/CCCCCCCCCCCCC. The number of unbranched alkanes of at least 4 members (excludes halogenated alkanes) is 37. The minimum atomic E-state index is -1.57. The number of allylic oxidation sites excluding steroid dienone is 13. The van der Waals surface area contributed by atoms with Gasteiger partial charge in [-0.05, 0) is 77.0 Å². The Bertz CT molecular complexity index is 1550. The fraction of sp³-hybridized carbons (Fsp3) is 0.792. The summed E-state index contributed by atoms with van der Waals surface area (Å²) in [5, 5.41) is 54.6. The summed E-state index contributed by atoms with van der Waals surface area (Å²) in [5.74, 6) is -0.183. The van der Waals surface area contributed by atoms with Gasteiger partial charge in [-0.2, -0.15) is 0 Å². The number of nitrogens with one attached hydrogen (secondary N) is 1. The molecule has 0 aromatic carbocycles. The Morgan fingerprint density at radius 3 is 1.19 bits per heavy atom. The summed E-state index contributed by atoms with van der Waals surface area (Å²) >= 11 is 0. The first-order chi connectivity index (χ1) is 39.8. The lowest BCUT2D eigenvalue weighted by Gasteiger charge is -2.40. The van der Waals surface area contributed by atoms with Gasteiger partial charge in [0.1, 0.15) is 24.4 Å². The van der Waals surface area contributed by atoms with E-state index in [0.29, 0.717) is 6.42 Å². The highest BCUT2D eigenvalue weighted by atomic mass is 16.7. The molecule has 7 unspecified atom stereocenters. The molecule has 6 N–H and O–H groups in total. The lowest BCUT2D eigenvalue weighted by molar-refractivity contribution is -0.302. The van der Waals surface area contributed by atoms with Crippen LogP contribution in [0.5, 0.6) is 0 Å². The second-order valence-electron chi connectivity index (χ2n) is 23.6. The molecule has 1 aliphatic heterocycles. The predicted octanol–water partition coefficient (Wildman–Crippen LogP) is 18.5. The topological polar surface area (TPSA) is 149 Å². The van der Waals surface area contributed by atoms with Crippen molar-refractivity contribution in [1.29, 1.82) is 0 Å². The van der Waals surface area contributed by atoms with Gasteiger partial charge >= 0.3 is 0 Å². The molecule has 0 bridgehead atoms.